The number of anilines is 2. The Morgan fingerprint density at radius 3 is 2.69 bits per heavy atom. The largest absolute Gasteiger partial charge is 0.489 e. The van der Waals surface area contributed by atoms with Crippen molar-refractivity contribution in [2.75, 3.05) is 36.5 Å². The van der Waals surface area contributed by atoms with Gasteiger partial charge in [0.2, 0.25) is 0 Å². The van der Waals surface area contributed by atoms with Crippen LogP contribution >= 0.6 is 11.3 Å². The number of rotatable bonds is 4. The number of nitrogens with zero attached hydrogens (tertiary/aromatic N) is 4. The van der Waals surface area contributed by atoms with Gasteiger partial charge in [0, 0.05) is 20.3 Å². The normalized spacial score (nSPS) is 13.3. The fourth-order valence-corrected chi connectivity index (χ4v) is 5.19. The standard InChI is InChI=1S/C20H18N4O3S2/c1-23(2)20-6-4-17(12-22-20)29(25,26)24-7-8-27-19-5-3-14(10-18(19)24)15-9-16(11-21)28-13-15/h3-6,9-10,12-13H,7-8H2,1-2H3. The lowest BCUT2D eigenvalue weighted by atomic mass is 10.1. The molecule has 1 aliphatic heterocycles. The SMILES string of the molecule is CN(C)c1ccc(S(=O)(=O)N2CCOc3ccc(-c4csc(C#N)c4)cc32)cn1. The summed E-state index contributed by atoms with van der Waals surface area (Å²) < 4.78 is 33.6. The molecule has 0 atom stereocenters. The van der Waals surface area contributed by atoms with Crippen LogP contribution in [-0.4, -0.2) is 40.6 Å². The third-order valence-corrected chi connectivity index (χ3v) is 7.22. The zero-order valence-electron chi connectivity index (χ0n) is 15.9. The van der Waals surface area contributed by atoms with Gasteiger partial charge in [-0.3, -0.25) is 4.31 Å². The van der Waals surface area contributed by atoms with Gasteiger partial charge in [-0.15, -0.1) is 11.3 Å². The number of hydrogen-bond acceptors (Lipinski definition) is 7. The molecule has 0 radical (unpaired) electrons. The maximum absolute atomic E-state index is 13.3. The van der Waals surface area contributed by atoms with Gasteiger partial charge in [-0.25, -0.2) is 13.4 Å². The first-order chi connectivity index (χ1) is 13.9. The van der Waals surface area contributed by atoms with E-state index in [-0.39, 0.29) is 18.0 Å². The van der Waals surface area contributed by atoms with E-state index in [1.807, 2.05) is 30.4 Å². The van der Waals surface area contributed by atoms with Gasteiger partial charge in [0.05, 0.1) is 12.2 Å². The smallest absolute Gasteiger partial charge is 0.266 e. The molecule has 3 aromatic rings. The van der Waals surface area contributed by atoms with Crippen molar-refractivity contribution in [3.8, 4) is 22.9 Å². The molecule has 7 nitrogen and oxygen atoms in total. The molecule has 0 spiro atoms. The second-order valence-corrected chi connectivity index (χ2v) is 9.44. The summed E-state index contributed by atoms with van der Waals surface area (Å²) in [5.41, 5.74) is 2.18. The molecule has 0 N–H and O–H groups in total. The number of aromatic nitrogens is 1. The van der Waals surface area contributed by atoms with Gasteiger partial charge in [-0.05, 0) is 46.8 Å². The average molecular weight is 427 g/mol. The Morgan fingerprint density at radius 1 is 1.21 bits per heavy atom. The van der Waals surface area contributed by atoms with Crippen LogP contribution in [0.2, 0.25) is 0 Å². The van der Waals surface area contributed by atoms with Crippen LogP contribution in [0.3, 0.4) is 0 Å². The first-order valence-corrected chi connectivity index (χ1v) is 11.1. The number of sulfonamides is 1. The lowest BCUT2D eigenvalue weighted by Crippen LogP contribution is -2.38. The number of pyridine rings is 1. The van der Waals surface area contributed by atoms with E-state index >= 15 is 0 Å². The van der Waals surface area contributed by atoms with Gasteiger partial charge < -0.3 is 9.64 Å². The van der Waals surface area contributed by atoms with E-state index in [1.54, 1.807) is 30.3 Å². The van der Waals surface area contributed by atoms with E-state index in [0.29, 0.717) is 22.1 Å². The highest BCUT2D eigenvalue weighted by atomic mass is 32.2. The summed E-state index contributed by atoms with van der Waals surface area (Å²) in [4.78, 5) is 6.77. The van der Waals surface area contributed by atoms with E-state index in [1.165, 1.54) is 21.8 Å². The van der Waals surface area contributed by atoms with E-state index in [4.69, 9.17) is 10.00 Å². The second-order valence-electron chi connectivity index (χ2n) is 6.67. The summed E-state index contributed by atoms with van der Waals surface area (Å²) in [6.07, 6.45) is 1.38. The summed E-state index contributed by atoms with van der Waals surface area (Å²) in [6.45, 7) is 0.479. The van der Waals surface area contributed by atoms with Crippen LogP contribution in [0.25, 0.3) is 11.1 Å². The predicted molar refractivity (Wildman–Crippen MR) is 113 cm³/mol. The lowest BCUT2D eigenvalue weighted by molar-refractivity contribution is 0.316. The van der Waals surface area contributed by atoms with Gasteiger partial charge in [-0.2, -0.15) is 5.26 Å². The van der Waals surface area contributed by atoms with Gasteiger partial charge in [0.15, 0.2) is 0 Å². The Morgan fingerprint density at radius 2 is 2.03 bits per heavy atom. The first-order valence-electron chi connectivity index (χ1n) is 8.82. The fourth-order valence-electron chi connectivity index (χ4n) is 3.09. The molecule has 0 bridgehead atoms. The second kappa shape index (κ2) is 7.39. The molecule has 3 heterocycles. The minimum absolute atomic E-state index is 0.128. The van der Waals surface area contributed by atoms with Crippen molar-refractivity contribution in [1.82, 2.24) is 4.98 Å². The fraction of sp³-hybridized carbons (Fsp3) is 0.200. The molecule has 9 heteroatoms. The molecule has 148 valence electrons. The zero-order valence-corrected chi connectivity index (χ0v) is 17.5. The Balaban J connectivity index is 1.75. The van der Waals surface area contributed by atoms with Crippen molar-refractivity contribution < 1.29 is 13.2 Å². The molecule has 29 heavy (non-hydrogen) atoms. The molecule has 0 aliphatic carbocycles. The van der Waals surface area contributed by atoms with Gasteiger partial charge in [0.1, 0.15) is 34.0 Å². The van der Waals surface area contributed by atoms with Crippen molar-refractivity contribution in [1.29, 1.82) is 5.26 Å². The highest BCUT2D eigenvalue weighted by molar-refractivity contribution is 7.92. The van der Waals surface area contributed by atoms with E-state index < -0.39 is 10.0 Å². The van der Waals surface area contributed by atoms with E-state index in [0.717, 1.165) is 11.1 Å². The Bertz CT molecular complexity index is 1200. The van der Waals surface area contributed by atoms with E-state index in [2.05, 4.69) is 11.1 Å². The molecule has 2 aromatic heterocycles. The van der Waals surface area contributed by atoms with Crippen LogP contribution in [0.4, 0.5) is 11.5 Å². The Hall–Kier alpha value is -3.09. The van der Waals surface area contributed by atoms with Gasteiger partial charge in [-0.1, -0.05) is 6.07 Å². The molecule has 0 saturated carbocycles. The minimum Gasteiger partial charge on any atom is -0.489 e. The molecule has 0 saturated heterocycles. The van der Waals surface area contributed by atoms with E-state index in [9.17, 15) is 8.42 Å². The Labute approximate surface area is 173 Å². The summed E-state index contributed by atoms with van der Waals surface area (Å²) >= 11 is 1.35. The monoisotopic (exact) mass is 426 g/mol. The lowest BCUT2D eigenvalue weighted by Gasteiger charge is -2.30. The van der Waals surface area contributed by atoms with Gasteiger partial charge in [0.25, 0.3) is 10.0 Å². The summed E-state index contributed by atoms with van der Waals surface area (Å²) in [5.74, 6) is 1.19. The topological polar surface area (TPSA) is 86.5 Å². The first kappa shape index (κ1) is 19.2. The predicted octanol–water partition coefficient (Wildman–Crippen LogP) is 3.34. The van der Waals surface area contributed by atoms with Crippen LogP contribution < -0.4 is 13.9 Å². The molecule has 4 rings (SSSR count). The summed E-state index contributed by atoms with van der Waals surface area (Å²) in [5, 5.41) is 10.9. The van der Waals surface area contributed by atoms with Crippen LogP contribution in [0, 0.1) is 11.3 Å². The molecular formula is C20H18N4O3S2. The van der Waals surface area contributed by atoms with Crippen molar-refractivity contribution in [2.24, 2.45) is 0 Å². The molecule has 0 fully saturated rings. The van der Waals surface area contributed by atoms with Crippen LogP contribution in [0.15, 0.2) is 52.9 Å². The number of ether oxygens (including phenoxy) is 1. The van der Waals surface area contributed by atoms with Crippen molar-refractivity contribution in [3.63, 3.8) is 0 Å². The number of hydrogen-bond donors (Lipinski definition) is 0. The zero-order chi connectivity index (χ0) is 20.6. The van der Waals surface area contributed by atoms with Crippen LogP contribution in [0.1, 0.15) is 4.88 Å². The molecule has 0 amide bonds. The number of nitriles is 1. The van der Waals surface area contributed by atoms with Gasteiger partial charge >= 0.3 is 0 Å². The third-order valence-electron chi connectivity index (χ3n) is 4.59. The molecule has 1 aliphatic rings. The summed E-state index contributed by atoms with van der Waals surface area (Å²) in [6, 6.07) is 12.6. The van der Waals surface area contributed by atoms with Crippen LogP contribution in [0.5, 0.6) is 5.75 Å². The third kappa shape index (κ3) is 3.52. The van der Waals surface area contributed by atoms with Crippen molar-refractivity contribution in [2.45, 2.75) is 4.90 Å². The maximum atomic E-state index is 13.3. The number of fused-ring (bicyclic) bond motifs is 1. The number of thiophene rings is 1. The van der Waals surface area contributed by atoms with Crippen molar-refractivity contribution >= 4 is 32.9 Å². The highest BCUT2D eigenvalue weighted by Crippen LogP contribution is 2.39. The summed E-state index contributed by atoms with van der Waals surface area (Å²) in [7, 11) is -0.102. The molecular weight excluding hydrogens is 408 g/mol. The maximum Gasteiger partial charge on any atom is 0.266 e. The molecule has 0 unspecified atom stereocenters. The Kier molecular flexibility index (Phi) is 4.90. The van der Waals surface area contributed by atoms with Crippen LogP contribution in [-0.2, 0) is 10.0 Å². The minimum atomic E-state index is -3.79. The quantitative estimate of drug-likeness (QED) is 0.636. The molecule has 1 aromatic carbocycles. The highest BCUT2D eigenvalue weighted by Gasteiger charge is 2.31. The number of benzene rings is 1. The average Bonchev–Trinajstić information content (AvgIpc) is 3.22. The van der Waals surface area contributed by atoms with Crippen molar-refractivity contribution in [3.05, 3.63) is 52.9 Å².